The molecule has 0 fully saturated rings. The van der Waals surface area contributed by atoms with Crippen molar-refractivity contribution in [2.24, 2.45) is 0 Å². The molecule has 0 radical (unpaired) electrons. The Morgan fingerprint density at radius 3 is 2.69 bits per heavy atom. The average molecular weight is 356 g/mol. The number of ketones is 1. The molecule has 26 heavy (non-hydrogen) atoms. The fourth-order valence-corrected chi connectivity index (χ4v) is 2.94. The van der Waals surface area contributed by atoms with E-state index in [0.717, 1.165) is 5.69 Å². The summed E-state index contributed by atoms with van der Waals surface area (Å²) in [6.45, 7) is 2.27. The number of nitrogens with zero attached hydrogens (tertiary/aromatic N) is 1. The first kappa shape index (κ1) is 17.9. The minimum absolute atomic E-state index is 0.0792. The van der Waals surface area contributed by atoms with Gasteiger partial charge in [-0.25, -0.2) is 4.39 Å². The van der Waals surface area contributed by atoms with E-state index in [-0.39, 0.29) is 24.1 Å². The van der Waals surface area contributed by atoms with Crippen LogP contribution < -0.4 is 15.0 Å². The van der Waals surface area contributed by atoms with Crippen molar-refractivity contribution < 1.29 is 18.7 Å². The number of halogens is 1. The number of para-hydroxylation sites is 2. The normalized spacial score (nSPS) is 15.8. The van der Waals surface area contributed by atoms with E-state index in [2.05, 4.69) is 5.32 Å². The molecule has 0 saturated carbocycles. The highest BCUT2D eigenvalue weighted by Crippen LogP contribution is 2.32. The Labute approximate surface area is 151 Å². The number of carbonyl (C=O) groups excluding carboxylic acids is 2. The van der Waals surface area contributed by atoms with Crippen LogP contribution in [0, 0.1) is 5.82 Å². The third kappa shape index (κ3) is 4.20. The Morgan fingerprint density at radius 2 is 1.92 bits per heavy atom. The number of Topliss-reactive ketones (excluding diaryl/α,β-unsaturated/α-hetero) is 1. The van der Waals surface area contributed by atoms with Crippen LogP contribution in [-0.4, -0.2) is 37.4 Å². The second kappa shape index (κ2) is 7.99. The van der Waals surface area contributed by atoms with Gasteiger partial charge in [0.25, 0.3) is 0 Å². The van der Waals surface area contributed by atoms with Crippen LogP contribution in [0.1, 0.15) is 12.5 Å². The molecule has 3 rings (SSSR count). The Bertz CT molecular complexity index is 809. The molecule has 1 aliphatic heterocycles. The summed E-state index contributed by atoms with van der Waals surface area (Å²) in [5.41, 5.74) is 1.36. The monoisotopic (exact) mass is 356 g/mol. The number of amides is 1. The van der Waals surface area contributed by atoms with Crippen LogP contribution in [0.25, 0.3) is 0 Å². The van der Waals surface area contributed by atoms with Gasteiger partial charge >= 0.3 is 0 Å². The Balaban J connectivity index is 1.59. The molecule has 0 aromatic heterocycles. The standard InChI is InChI=1S/C20H21FN2O3/c1-14(24)19-12-23(17-8-4-5-9-18(17)26-19)13-20(25)22-11-10-15-6-2-3-7-16(15)21/h2-9,19H,10-13H2,1H3,(H,22,25). The van der Waals surface area contributed by atoms with Gasteiger partial charge in [-0.3, -0.25) is 9.59 Å². The van der Waals surface area contributed by atoms with E-state index in [1.54, 1.807) is 24.3 Å². The highest BCUT2D eigenvalue weighted by atomic mass is 19.1. The molecule has 0 aliphatic carbocycles. The van der Waals surface area contributed by atoms with Crippen LogP contribution >= 0.6 is 0 Å². The van der Waals surface area contributed by atoms with Gasteiger partial charge < -0.3 is 15.0 Å². The number of benzene rings is 2. The predicted octanol–water partition coefficient (Wildman–Crippen LogP) is 2.34. The molecule has 1 N–H and O–H groups in total. The minimum atomic E-state index is -0.587. The van der Waals surface area contributed by atoms with Crippen molar-refractivity contribution in [2.75, 3.05) is 24.5 Å². The molecule has 5 nitrogen and oxygen atoms in total. The van der Waals surface area contributed by atoms with Crippen molar-refractivity contribution in [1.82, 2.24) is 5.32 Å². The van der Waals surface area contributed by atoms with Gasteiger partial charge in [0, 0.05) is 6.54 Å². The first-order valence-electron chi connectivity index (χ1n) is 8.56. The van der Waals surface area contributed by atoms with Crippen molar-refractivity contribution in [3.05, 3.63) is 59.9 Å². The molecule has 2 aromatic carbocycles. The lowest BCUT2D eigenvalue weighted by Crippen LogP contribution is -2.47. The number of hydrogen-bond donors (Lipinski definition) is 1. The molecule has 0 spiro atoms. The van der Waals surface area contributed by atoms with E-state index in [4.69, 9.17) is 4.74 Å². The molecule has 1 unspecified atom stereocenters. The maximum atomic E-state index is 13.6. The van der Waals surface area contributed by atoms with Gasteiger partial charge in [0.2, 0.25) is 5.91 Å². The smallest absolute Gasteiger partial charge is 0.239 e. The minimum Gasteiger partial charge on any atom is -0.479 e. The van der Waals surface area contributed by atoms with E-state index < -0.39 is 6.10 Å². The van der Waals surface area contributed by atoms with E-state index in [9.17, 15) is 14.0 Å². The van der Waals surface area contributed by atoms with Crippen molar-refractivity contribution in [1.29, 1.82) is 0 Å². The zero-order chi connectivity index (χ0) is 18.5. The van der Waals surface area contributed by atoms with Gasteiger partial charge in [-0.05, 0) is 37.1 Å². The first-order valence-corrected chi connectivity index (χ1v) is 8.56. The number of rotatable bonds is 6. The second-order valence-corrected chi connectivity index (χ2v) is 6.26. The summed E-state index contributed by atoms with van der Waals surface area (Å²) in [5, 5.41) is 2.81. The lowest BCUT2D eigenvalue weighted by atomic mass is 10.1. The molecule has 0 saturated heterocycles. The lowest BCUT2D eigenvalue weighted by Gasteiger charge is -2.34. The lowest BCUT2D eigenvalue weighted by molar-refractivity contribution is -0.124. The fourth-order valence-electron chi connectivity index (χ4n) is 2.94. The van der Waals surface area contributed by atoms with Crippen molar-refractivity contribution in [2.45, 2.75) is 19.4 Å². The Morgan fingerprint density at radius 1 is 1.19 bits per heavy atom. The highest BCUT2D eigenvalue weighted by Gasteiger charge is 2.29. The Hall–Kier alpha value is -2.89. The number of anilines is 1. The van der Waals surface area contributed by atoms with Gasteiger partial charge in [0.15, 0.2) is 11.9 Å². The van der Waals surface area contributed by atoms with Crippen molar-refractivity contribution in [3.63, 3.8) is 0 Å². The van der Waals surface area contributed by atoms with Crippen LogP contribution in [0.5, 0.6) is 5.75 Å². The molecule has 136 valence electrons. The van der Waals surface area contributed by atoms with Gasteiger partial charge in [0.05, 0.1) is 18.8 Å². The average Bonchev–Trinajstić information content (AvgIpc) is 2.63. The van der Waals surface area contributed by atoms with Crippen LogP contribution in [0.4, 0.5) is 10.1 Å². The number of ether oxygens (including phenoxy) is 1. The molecule has 6 heteroatoms. The summed E-state index contributed by atoms with van der Waals surface area (Å²) in [5.74, 6) is 0.0658. The van der Waals surface area contributed by atoms with Crippen molar-refractivity contribution >= 4 is 17.4 Å². The topological polar surface area (TPSA) is 58.6 Å². The van der Waals surface area contributed by atoms with E-state index in [0.29, 0.717) is 30.8 Å². The third-order valence-electron chi connectivity index (χ3n) is 4.32. The van der Waals surface area contributed by atoms with Gasteiger partial charge in [-0.1, -0.05) is 30.3 Å². The van der Waals surface area contributed by atoms with Crippen molar-refractivity contribution in [3.8, 4) is 5.75 Å². The summed E-state index contributed by atoms with van der Waals surface area (Å²) in [6, 6.07) is 13.9. The summed E-state index contributed by atoms with van der Waals surface area (Å²) in [7, 11) is 0. The quantitative estimate of drug-likeness (QED) is 0.863. The molecule has 1 aliphatic rings. The third-order valence-corrected chi connectivity index (χ3v) is 4.32. The maximum Gasteiger partial charge on any atom is 0.239 e. The van der Waals surface area contributed by atoms with E-state index >= 15 is 0 Å². The van der Waals surface area contributed by atoms with Gasteiger partial charge in [-0.2, -0.15) is 0 Å². The molecule has 0 bridgehead atoms. The van der Waals surface area contributed by atoms with Crippen LogP contribution in [0.15, 0.2) is 48.5 Å². The number of nitrogens with one attached hydrogen (secondary N) is 1. The van der Waals surface area contributed by atoms with Crippen LogP contribution in [0.3, 0.4) is 0 Å². The zero-order valence-electron chi connectivity index (χ0n) is 14.6. The molecule has 2 aromatic rings. The summed E-state index contributed by atoms with van der Waals surface area (Å²) < 4.78 is 19.3. The summed E-state index contributed by atoms with van der Waals surface area (Å²) >= 11 is 0. The maximum absolute atomic E-state index is 13.6. The second-order valence-electron chi connectivity index (χ2n) is 6.26. The summed E-state index contributed by atoms with van der Waals surface area (Å²) in [6.07, 6.45) is -0.162. The zero-order valence-corrected chi connectivity index (χ0v) is 14.6. The molecule has 1 heterocycles. The first-order chi connectivity index (χ1) is 12.5. The van der Waals surface area contributed by atoms with E-state index in [1.165, 1.54) is 13.0 Å². The number of carbonyl (C=O) groups is 2. The molecule has 1 atom stereocenters. The van der Waals surface area contributed by atoms with Crippen LogP contribution in [0.2, 0.25) is 0 Å². The Kier molecular flexibility index (Phi) is 5.51. The number of hydrogen-bond acceptors (Lipinski definition) is 4. The number of fused-ring (bicyclic) bond motifs is 1. The van der Waals surface area contributed by atoms with Gasteiger partial charge in [0.1, 0.15) is 11.6 Å². The molecular weight excluding hydrogens is 335 g/mol. The van der Waals surface area contributed by atoms with E-state index in [1.807, 2.05) is 23.1 Å². The molecular formula is C20H21FN2O3. The largest absolute Gasteiger partial charge is 0.479 e. The predicted molar refractivity (Wildman–Crippen MR) is 96.9 cm³/mol. The fraction of sp³-hybridized carbons (Fsp3) is 0.300. The highest BCUT2D eigenvalue weighted by molar-refractivity contribution is 5.86. The van der Waals surface area contributed by atoms with Gasteiger partial charge in [-0.15, -0.1) is 0 Å². The summed E-state index contributed by atoms with van der Waals surface area (Å²) in [4.78, 5) is 25.9. The van der Waals surface area contributed by atoms with Crippen LogP contribution in [-0.2, 0) is 16.0 Å². The SMILES string of the molecule is CC(=O)C1CN(CC(=O)NCCc2ccccc2F)c2ccccc2O1. The molecule has 1 amide bonds.